The molecule has 0 bridgehead atoms. The number of phenolic OH excluding ortho intramolecular Hbond substituents is 1. The molecule has 1 aliphatic heterocycles. The van der Waals surface area contributed by atoms with Crippen molar-refractivity contribution in [2.75, 3.05) is 5.73 Å². The molecule has 3 N–H and O–H groups in total. The van der Waals surface area contributed by atoms with Crippen molar-refractivity contribution >= 4 is 29.2 Å². The molecule has 0 spiro atoms. The molecular weight excluding hydrogens is 276 g/mol. The fraction of sp³-hybridized carbons (Fsp3) is 0.0714. The summed E-state index contributed by atoms with van der Waals surface area (Å²) in [6.45, 7) is 0. The van der Waals surface area contributed by atoms with Crippen molar-refractivity contribution in [3.8, 4) is 17.0 Å². The zero-order valence-corrected chi connectivity index (χ0v) is 11.2. The molecule has 0 atom stereocenters. The number of phenols is 1. The highest BCUT2D eigenvalue weighted by atomic mass is 35.5. The predicted octanol–water partition coefficient (Wildman–Crippen LogP) is 2.90. The smallest absolute Gasteiger partial charge is 0.142 e. The molecule has 0 unspecified atom stereocenters. The summed E-state index contributed by atoms with van der Waals surface area (Å²) in [5.74, 6) is 0.380. The minimum atomic E-state index is 0.0313. The fourth-order valence-electron chi connectivity index (χ4n) is 2.00. The third-order valence-corrected chi connectivity index (χ3v) is 3.27. The second kappa shape index (κ2) is 4.94. The van der Waals surface area contributed by atoms with Crippen molar-refractivity contribution in [2.45, 2.75) is 6.42 Å². The minimum Gasteiger partial charge on any atom is -0.506 e. The standard InChI is InChI=1S/C14H11ClN4O/c15-10-5-8(1-2-11(10)20)13-14(9-3-4-17-6-9)19-12(16)7-18-13/h1-2,4-7,20H,3H2,(H2,16,19). The largest absolute Gasteiger partial charge is 0.506 e. The van der Waals surface area contributed by atoms with Gasteiger partial charge >= 0.3 is 0 Å². The second-order valence-corrected chi connectivity index (χ2v) is 4.76. The van der Waals surface area contributed by atoms with Crippen LogP contribution >= 0.6 is 11.6 Å². The van der Waals surface area contributed by atoms with E-state index in [0.717, 1.165) is 11.1 Å². The molecule has 0 amide bonds. The molecular formula is C14H11ClN4O. The van der Waals surface area contributed by atoms with Crippen LogP contribution in [-0.4, -0.2) is 21.3 Å². The molecule has 0 radical (unpaired) electrons. The molecule has 2 aromatic rings. The van der Waals surface area contributed by atoms with Crippen LogP contribution in [0.15, 0.2) is 35.6 Å². The maximum atomic E-state index is 9.50. The van der Waals surface area contributed by atoms with Crippen LogP contribution in [0.25, 0.3) is 16.8 Å². The van der Waals surface area contributed by atoms with Gasteiger partial charge in [-0.25, -0.2) is 4.98 Å². The Labute approximate surface area is 120 Å². The number of rotatable bonds is 2. The first kappa shape index (κ1) is 12.6. The van der Waals surface area contributed by atoms with E-state index in [1.807, 2.05) is 0 Å². The zero-order valence-electron chi connectivity index (χ0n) is 10.4. The van der Waals surface area contributed by atoms with E-state index in [-0.39, 0.29) is 10.8 Å². The molecule has 6 heteroatoms. The van der Waals surface area contributed by atoms with Crippen molar-refractivity contribution in [2.24, 2.45) is 4.99 Å². The molecule has 0 saturated carbocycles. The molecule has 3 rings (SSSR count). The van der Waals surface area contributed by atoms with Crippen molar-refractivity contribution in [3.63, 3.8) is 0 Å². The summed E-state index contributed by atoms with van der Waals surface area (Å²) in [5, 5.41) is 9.76. The molecule has 1 aromatic heterocycles. The minimum absolute atomic E-state index is 0.0313. The number of aromatic nitrogens is 2. The van der Waals surface area contributed by atoms with E-state index in [4.69, 9.17) is 17.3 Å². The average Bonchev–Trinajstić information content (AvgIpc) is 2.96. The molecule has 100 valence electrons. The van der Waals surface area contributed by atoms with Gasteiger partial charge in [-0.1, -0.05) is 11.6 Å². The monoisotopic (exact) mass is 286 g/mol. The Kier molecular flexibility index (Phi) is 3.12. The SMILES string of the molecule is Nc1cnc(-c2ccc(O)c(Cl)c2)c(C2=CN=CC2)n1. The summed E-state index contributed by atoms with van der Waals surface area (Å²) in [7, 11) is 0. The number of aliphatic imine (C=N–C) groups is 1. The van der Waals surface area contributed by atoms with Crippen molar-refractivity contribution < 1.29 is 5.11 Å². The third-order valence-electron chi connectivity index (χ3n) is 2.96. The number of allylic oxidation sites excluding steroid dienone is 1. The number of aromatic hydroxyl groups is 1. The number of nitrogen functional groups attached to an aromatic ring is 1. The number of anilines is 1. The Morgan fingerprint density at radius 3 is 2.80 bits per heavy atom. The quantitative estimate of drug-likeness (QED) is 0.889. The summed E-state index contributed by atoms with van der Waals surface area (Å²) >= 11 is 5.94. The number of nitrogens with two attached hydrogens (primary N) is 1. The van der Waals surface area contributed by atoms with Gasteiger partial charge in [0.1, 0.15) is 11.6 Å². The van der Waals surface area contributed by atoms with Crippen LogP contribution in [0.3, 0.4) is 0 Å². The third kappa shape index (κ3) is 2.23. The summed E-state index contributed by atoms with van der Waals surface area (Å²) in [4.78, 5) is 12.8. The number of halogens is 1. The highest BCUT2D eigenvalue weighted by molar-refractivity contribution is 6.32. The Balaban J connectivity index is 2.15. The Hall–Kier alpha value is -2.40. The van der Waals surface area contributed by atoms with Gasteiger partial charge in [0.15, 0.2) is 0 Å². The molecule has 0 saturated heterocycles. The average molecular weight is 287 g/mol. The van der Waals surface area contributed by atoms with E-state index < -0.39 is 0 Å². The molecule has 5 nitrogen and oxygen atoms in total. The molecule has 0 aliphatic carbocycles. The van der Waals surface area contributed by atoms with Crippen molar-refractivity contribution in [1.29, 1.82) is 0 Å². The Bertz CT molecular complexity index is 740. The van der Waals surface area contributed by atoms with Crippen LogP contribution in [0, 0.1) is 0 Å². The normalized spacial score (nSPS) is 13.6. The number of nitrogens with zero attached hydrogens (tertiary/aromatic N) is 3. The first-order chi connectivity index (χ1) is 9.65. The van der Waals surface area contributed by atoms with E-state index in [2.05, 4.69) is 15.0 Å². The predicted molar refractivity (Wildman–Crippen MR) is 79.6 cm³/mol. The fourth-order valence-corrected chi connectivity index (χ4v) is 2.18. The molecule has 2 heterocycles. The highest BCUT2D eigenvalue weighted by Gasteiger charge is 2.16. The first-order valence-electron chi connectivity index (χ1n) is 5.97. The number of hydrogen-bond acceptors (Lipinski definition) is 5. The lowest BCUT2D eigenvalue weighted by Gasteiger charge is -2.10. The van der Waals surface area contributed by atoms with Crippen LogP contribution in [0.1, 0.15) is 12.1 Å². The topological polar surface area (TPSA) is 84.4 Å². The van der Waals surface area contributed by atoms with Gasteiger partial charge in [-0.2, -0.15) is 0 Å². The maximum Gasteiger partial charge on any atom is 0.142 e. The maximum absolute atomic E-state index is 9.50. The van der Waals surface area contributed by atoms with Gasteiger partial charge in [0.05, 0.1) is 22.6 Å². The van der Waals surface area contributed by atoms with Crippen LogP contribution in [0.2, 0.25) is 5.02 Å². The van der Waals surface area contributed by atoms with E-state index in [9.17, 15) is 5.11 Å². The van der Waals surface area contributed by atoms with Gasteiger partial charge < -0.3 is 10.8 Å². The van der Waals surface area contributed by atoms with Gasteiger partial charge in [-0.05, 0) is 18.2 Å². The molecule has 1 aliphatic rings. The highest BCUT2D eigenvalue weighted by Crippen LogP contribution is 2.33. The summed E-state index contributed by atoms with van der Waals surface area (Å²) in [6.07, 6.45) is 5.73. The van der Waals surface area contributed by atoms with Gasteiger partial charge in [0, 0.05) is 30.0 Å². The van der Waals surface area contributed by atoms with Crippen molar-refractivity contribution in [1.82, 2.24) is 9.97 Å². The lowest BCUT2D eigenvalue weighted by Crippen LogP contribution is -2.01. The van der Waals surface area contributed by atoms with E-state index >= 15 is 0 Å². The molecule has 0 fully saturated rings. The second-order valence-electron chi connectivity index (χ2n) is 4.35. The lowest BCUT2D eigenvalue weighted by atomic mass is 10.0. The van der Waals surface area contributed by atoms with E-state index in [1.165, 1.54) is 12.3 Å². The summed E-state index contributed by atoms with van der Waals surface area (Å²) in [5.41, 5.74) is 8.78. The zero-order chi connectivity index (χ0) is 14.1. The summed E-state index contributed by atoms with van der Waals surface area (Å²) in [6, 6.07) is 4.91. The summed E-state index contributed by atoms with van der Waals surface area (Å²) < 4.78 is 0. The van der Waals surface area contributed by atoms with Gasteiger partial charge in [-0.15, -0.1) is 0 Å². The molecule has 1 aromatic carbocycles. The van der Waals surface area contributed by atoms with Crippen molar-refractivity contribution in [3.05, 3.63) is 41.3 Å². The van der Waals surface area contributed by atoms with E-state index in [1.54, 1.807) is 24.5 Å². The Morgan fingerprint density at radius 2 is 2.10 bits per heavy atom. The van der Waals surface area contributed by atoms with Crippen LogP contribution in [-0.2, 0) is 0 Å². The van der Waals surface area contributed by atoms with E-state index in [0.29, 0.717) is 23.6 Å². The van der Waals surface area contributed by atoms with Gasteiger partial charge in [-0.3, -0.25) is 9.98 Å². The van der Waals surface area contributed by atoms with Gasteiger partial charge in [0.2, 0.25) is 0 Å². The van der Waals surface area contributed by atoms with Crippen LogP contribution in [0.4, 0.5) is 5.82 Å². The van der Waals surface area contributed by atoms with Gasteiger partial charge in [0.25, 0.3) is 0 Å². The number of benzene rings is 1. The lowest BCUT2D eigenvalue weighted by molar-refractivity contribution is 0.475. The van der Waals surface area contributed by atoms with Crippen LogP contribution < -0.4 is 5.73 Å². The van der Waals surface area contributed by atoms with Crippen LogP contribution in [0.5, 0.6) is 5.75 Å². The first-order valence-corrected chi connectivity index (χ1v) is 6.35. The number of hydrogen-bond donors (Lipinski definition) is 2. The molecule has 20 heavy (non-hydrogen) atoms. The Morgan fingerprint density at radius 1 is 1.25 bits per heavy atom.